The van der Waals surface area contributed by atoms with Gasteiger partial charge in [0, 0.05) is 30.1 Å². The zero-order valence-corrected chi connectivity index (χ0v) is 13.6. The first-order chi connectivity index (χ1) is 11.2. The molecule has 2 N–H and O–H groups in total. The van der Waals surface area contributed by atoms with E-state index in [1.54, 1.807) is 50.7 Å². The fourth-order valence-electron chi connectivity index (χ4n) is 2.04. The maximum absolute atomic E-state index is 12.4. The van der Waals surface area contributed by atoms with Gasteiger partial charge in [0.15, 0.2) is 11.5 Å². The van der Waals surface area contributed by atoms with Crippen LogP contribution in [-0.4, -0.2) is 31.7 Å². The number of carbonyl (C=O) groups is 1. The topological polar surface area (TPSA) is 72.5 Å². The van der Waals surface area contributed by atoms with Gasteiger partial charge in [-0.05, 0) is 30.7 Å². The third-order valence-electron chi connectivity index (χ3n) is 3.22. The highest BCUT2D eigenvalue weighted by Crippen LogP contribution is 2.29. The Hall–Kier alpha value is -2.76. The van der Waals surface area contributed by atoms with Crippen molar-refractivity contribution in [1.29, 1.82) is 0 Å². The fraction of sp³-hybridized carbons (Fsp3) is 0.294. The number of carbonyl (C=O) groups excluding carboxylic acids is 1. The highest BCUT2D eigenvalue weighted by molar-refractivity contribution is 6.04. The lowest BCUT2D eigenvalue weighted by Gasteiger charge is -2.11. The van der Waals surface area contributed by atoms with Gasteiger partial charge in [0.1, 0.15) is 5.82 Å². The lowest BCUT2D eigenvalue weighted by Crippen LogP contribution is -2.13. The van der Waals surface area contributed by atoms with E-state index in [2.05, 4.69) is 22.5 Å². The van der Waals surface area contributed by atoms with Crippen molar-refractivity contribution in [2.24, 2.45) is 0 Å². The number of hydrogen-bond donors (Lipinski definition) is 2. The molecule has 122 valence electrons. The number of pyridine rings is 1. The molecule has 1 heterocycles. The molecule has 6 heteroatoms. The van der Waals surface area contributed by atoms with Crippen molar-refractivity contribution in [3.05, 3.63) is 42.1 Å². The highest BCUT2D eigenvalue weighted by Gasteiger charge is 2.10. The van der Waals surface area contributed by atoms with Crippen LogP contribution < -0.4 is 20.1 Å². The molecule has 0 saturated carbocycles. The molecule has 0 unspecified atom stereocenters. The second-order valence-electron chi connectivity index (χ2n) is 4.88. The second kappa shape index (κ2) is 8.03. The van der Waals surface area contributed by atoms with Crippen molar-refractivity contribution in [3.63, 3.8) is 0 Å². The molecule has 2 rings (SSSR count). The van der Waals surface area contributed by atoms with Gasteiger partial charge in [-0.15, -0.1) is 0 Å². The van der Waals surface area contributed by atoms with E-state index in [1.165, 1.54) is 0 Å². The Labute approximate surface area is 135 Å². The molecule has 23 heavy (non-hydrogen) atoms. The molecule has 0 atom stereocenters. The molecule has 0 fully saturated rings. The van der Waals surface area contributed by atoms with Crippen molar-refractivity contribution in [2.75, 3.05) is 31.4 Å². The summed E-state index contributed by atoms with van der Waals surface area (Å²) in [7, 11) is 3.12. The van der Waals surface area contributed by atoms with E-state index in [9.17, 15) is 4.79 Å². The highest BCUT2D eigenvalue weighted by atomic mass is 16.5. The first kappa shape index (κ1) is 16.6. The molecule has 0 spiro atoms. The van der Waals surface area contributed by atoms with Crippen LogP contribution in [0.4, 0.5) is 11.5 Å². The summed E-state index contributed by atoms with van der Waals surface area (Å²) in [5.41, 5.74) is 1.17. The van der Waals surface area contributed by atoms with Crippen LogP contribution in [0.15, 0.2) is 36.5 Å². The maximum Gasteiger partial charge on any atom is 0.255 e. The molecular formula is C17H21N3O3. The van der Waals surface area contributed by atoms with Crippen LogP contribution >= 0.6 is 0 Å². The Morgan fingerprint density at radius 1 is 1.13 bits per heavy atom. The van der Waals surface area contributed by atoms with E-state index in [1.807, 2.05) is 0 Å². The normalized spacial score (nSPS) is 10.0. The van der Waals surface area contributed by atoms with Crippen molar-refractivity contribution < 1.29 is 14.3 Å². The smallest absolute Gasteiger partial charge is 0.255 e. The Morgan fingerprint density at radius 3 is 2.61 bits per heavy atom. The number of aromatic nitrogens is 1. The van der Waals surface area contributed by atoms with Gasteiger partial charge in [0.25, 0.3) is 5.91 Å². The molecule has 0 saturated heterocycles. The Kier molecular flexibility index (Phi) is 5.80. The molecule has 1 amide bonds. The number of hydrogen-bond acceptors (Lipinski definition) is 5. The van der Waals surface area contributed by atoms with Crippen molar-refractivity contribution in [1.82, 2.24) is 4.98 Å². The number of nitrogens with one attached hydrogen (secondary N) is 2. The summed E-state index contributed by atoms with van der Waals surface area (Å²) < 4.78 is 10.4. The number of nitrogens with zero attached hydrogens (tertiary/aromatic N) is 1. The Balaban J connectivity index is 2.12. The number of anilines is 2. The predicted molar refractivity (Wildman–Crippen MR) is 90.5 cm³/mol. The lowest BCUT2D eigenvalue weighted by atomic mass is 10.2. The summed E-state index contributed by atoms with van der Waals surface area (Å²) in [5.74, 6) is 1.65. The number of benzene rings is 1. The largest absolute Gasteiger partial charge is 0.493 e. The van der Waals surface area contributed by atoms with Crippen LogP contribution in [0.25, 0.3) is 0 Å². The maximum atomic E-state index is 12.4. The first-order valence-corrected chi connectivity index (χ1v) is 7.41. The van der Waals surface area contributed by atoms with E-state index in [0.29, 0.717) is 28.6 Å². The van der Waals surface area contributed by atoms with E-state index in [0.717, 1.165) is 13.0 Å². The standard InChI is InChI=1S/C17H21N3O3/c1-4-8-18-16-10-12(7-9-19-16)17(21)20-13-5-6-14(22-2)15(11-13)23-3/h5-7,9-11H,4,8H2,1-3H3,(H,18,19)(H,20,21). The molecule has 6 nitrogen and oxygen atoms in total. The third kappa shape index (κ3) is 4.35. The zero-order chi connectivity index (χ0) is 16.7. The Morgan fingerprint density at radius 2 is 1.91 bits per heavy atom. The molecular weight excluding hydrogens is 294 g/mol. The van der Waals surface area contributed by atoms with Gasteiger partial charge >= 0.3 is 0 Å². The second-order valence-corrected chi connectivity index (χ2v) is 4.88. The molecule has 0 aliphatic heterocycles. The van der Waals surface area contributed by atoms with Gasteiger partial charge in [-0.2, -0.15) is 0 Å². The average Bonchev–Trinajstić information content (AvgIpc) is 2.60. The van der Waals surface area contributed by atoms with Crippen LogP contribution in [0.1, 0.15) is 23.7 Å². The van der Waals surface area contributed by atoms with Gasteiger partial charge in [0.05, 0.1) is 14.2 Å². The van der Waals surface area contributed by atoms with E-state index in [-0.39, 0.29) is 5.91 Å². The van der Waals surface area contributed by atoms with Gasteiger partial charge in [-0.25, -0.2) is 4.98 Å². The molecule has 1 aromatic heterocycles. The zero-order valence-electron chi connectivity index (χ0n) is 13.6. The quantitative estimate of drug-likeness (QED) is 0.821. The monoisotopic (exact) mass is 315 g/mol. The molecule has 0 aliphatic rings. The number of ether oxygens (including phenoxy) is 2. The van der Waals surface area contributed by atoms with Crippen LogP contribution in [0, 0.1) is 0 Å². The minimum Gasteiger partial charge on any atom is -0.493 e. The van der Waals surface area contributed by atoms with Crippen molar-refractivity contribution in [2.45, 2.75) is 13.3 Å². The first-order valence-electron chi connectivity index (χ1n) is 7.41. The summed E-state index contributed by atoms with van der Waals surface area (Å²) >= 11 is 0. The average molecular weight is 315 g/mol. The summed E-state index contributed by atoms with van der Waals surface area (Å²) in [4.78, 5) is 16.5. The van der Waals surface area contributed by atoms with Crippen LogP contribution in [-0.2, 0) is 0 Å². The summed E-state index contributed by atoms with van der Waals surface area (Å²) in [6, 6.07) is 8.62. The number of methoxy groups -OCH3 is 2. The van der Waals surface area contributed by atoms with Gasteiger partial charge in [-0.1, -0.05) is 6.92 Å². The molecule has 0 bridgehead atoms. The minimum absolute atomic E-state index is 0.209. The molecule has 1 aromatic carbocycles. The van der Waals surface area contributed by atoms with Gasteiger partial charge < -0.3 is 20.1 Å². The van der Waals surface area contributed by atoms with Gasteiger partial charge in [0.2, 0.25) is 0 Å². The summed E-state index contributed by atoms with van der Waals surface area (Å²) in [6.45, 7) is 2.88. The molecule has 0 aliphatic carbocycles. The fourth-order valence-corrected chi connectivity index (χ4v) is 2.04. The molecule has 2 aromatic rings. The van der Waals surface area contributed by atoms with Gasteiger partial charge in [-0.3, -0.25) is 4.79 Å². The Bertz CT molecular complexity index is 674. The number of rotatable bonds is 7. The van der Waals surface area contributed by atoms with E-state index in [4.69, 9.17) is 9.47 Å². The van der Waals surface area contributed by atoms with Crippen LogP contribution in [0.2, 0.25) is 0 Å². The van der Waals surface area contributed by atoms with Crippen molar-refractivity contribution in [3.8, 4) is 11.5 Å². The summed E-state index contributed by atoms with van der Waals surface area (Å²) in [6.07, 6.45) is 2.60. The summed E-state index contributed by atoms with van der Waals surface area (Å²) in [5, 5.41) is 6.00. The van der Waals surface area contributed by atoms with E-state index < -0.39 is 0 Å². The lowest BCUT2D eigenvalue weighted by molar-refractivity contribution is 0.102. The number of amides is 1. The predicted octanol–water partition coefficient (Wildman–Crippen LogP) is 3.17. The molecule has 0 radical (unpaired) electrons. The van der Waals surface area contributed by atoms with Crippen LogP contribution in [0.5, 0.6) is 11.5 Å². The van der Waals surface area contributed by atoms with E-state index >= 15 is 0 Å². The minimum atomic E-state index is -0.209. The SMILES string of the molecule is CCCNc1cc(C(=O)Nc2ccc(OC)c(OC)c2)ccn1. The van der Waals surface area contributed by atoms with Crippen molar-refractivity contribution >= 4 is 17.4 Å². The van der Waals surface area contributed by atoms with Crippen LogP contribution in [0.3, 0.4) is 0 Å². The third-order valence-corrected chi connectivity index (χ3v) is 3.22.